The highest BCUT2D eigenvalue weighted by molar-refractivity contribution is 5.94. The molecular weight excluding hydrogens is 925 g/mol. The van der Waals surface area contributed by atoms with E-state index in [2.05, 4.69) is 26.6 Å². The minimum Gasteiger partial charge on any atom is -0.460 e. The molecule has 0 aliphatic rings. The second-order valence-electron chi connectivity index (χ2n) is 20.9. The van der Waals surface area contributed by atoms with Gasteiger partial charge in [0.05, 0.1) is 0 Å². The lowest BCUT2D eigenvalue weighted by molar-refractivity contribution is -0.161. The van der Waals surface area contributed by atoms with Crippen LogP contribution in [0.3, 0.4) is 0 Å². The summed E-state index contributed by atoms with van der Waals surface area (Å²) < 4.78 is 27.0. The zero-order valence-corrected chi connectivity index (χ0v) is 43.8. The topological polar surface area (TPSA) is 303 Å². The van der Waals surface area contributed by atoms with Crippen molar-refractivity contribution >= 4 is 59.4 Å². The summed E-state index contributed by atoms with van der Waals surface area (Å²) in [7, 11) is 0. The normalized spacial score (nSPS) is 13.4. The molecule has 0 spiro atoms. The Bertz CT molecular complexity index is 1950. The number of esters is 5. The van der Waals surface area contributed by atoms with Gasteiger partial charge in [-0.3, -0.25) is 38.4 Å². The standard InChI is InChI=1S/C50H80N6O15/c1-47(2,3)68-40(60)27-22-35(45(65)70-49(7,8)9)55-37(57)24-21-34(44(64)56-36(46(66)71-50(10,11)12)23-28-41(61)69-48(4,5)6)54-39(59)26-25-38(58)53-33(20-16-17-29-51)43(63)52-30-42(62)67-31-32-18-14-13-15-19-32/h13-15,18-19,33-36H,16-17,20-31,51H2,1-12H3,(H,52,63)(H,53,58)(H,54,59)(H,55,57)(H,56,64). The Morgan fingerprint density at radius 2 is 0.873 bits per heavy atom. The van der Waals surface area contributed by atoms with Gasteiger partial charge in [-0.25, -0.2) is 9.59 Å². The summed E-state index contributed by atoms with van der Waals surface area (Å²) >= 11 is 0. The molecular formula is C50H80N6O15. The quantitative estimate of drug-likeness (QED) is 0.0398. The fraction of sp³-hybridized carbons (Fsp3) is 0.680. The maximum Gasteiger partial charge on any atom is 0.329 e. The zero-order valence-electron chi connectivity index (χ0n) is 43.8. The number of carbonyl (C=O) groups is 10. The van der Waals surface area contributed by atoms with Crippen molar-refractivity contribution in [3.05, 3.63) is 35.9 Å². The molecule has 4 atom stereocenters. The molecule has 0 saturated carbocycles. The van der Waals surface area contributed by atoms with Crippen LogP contribution in [-0.4, -0.2) is 119 Å². The van der Waals surface area contributed by atoms with Gasteiger partial charge in [-0.15, -0.1) is 0 Å². The van der Waals surface area contributed by atoms with Gasteiger partial charge in [0.15, 0.2) is 0 Å². The molecule has 0 saturated heterocycles. The van der Waals surface area contributed by atoms with Crippen LogP contribution in [-0.2, 0) is 78.2 Å². The van der Waals surface area contributed by atoms with Crippen LogP contribution in [0.15, 0.2) is 30.3 Å². The van der Waals surface area contributed by atoms with Gasteiger partial charge in [-0.05, 0) is 134 Å². The number of rotatable bonds is 28. The molecule has 7 N–H and O–H groups in total. The van der Waals surface area contributed by atoms with Crippen molar-refractivity contribution in [1.29, 1.82) is 0 Å². The van der Waals surface area contributed by atoms with Crippen molar-refractivity contribution in [2.45, 2.75) is 207 Å². The summed E-state index contributed by atoms with van der Waals surface area (Å²) in [6, 6.07) is 3.54. The Balaban J connectivity index is 3.31. The lowest BCUT2D eigenvalue weighted by Gasteiger charge is -2.27. The molecule has 4 unspecified atom stereocenters. The highest BCUT2D eigenvalue weighted by Crippen LogP contribution is 2.17. The van der Waals surface area contributed by atoms with Gasteiger partial charge in [0.25, 0.3) is 0 Å². The van der Waals surface area contributed by atoms with E-state index in [0.29, 0.717) is 19.4 Å². The second kappa shape index (κ2) is 29.9. The van der Waals surface area contributed by atoms with Crippen molar-refractivity contribution in [3.8, 4) is 0 Å². The van der Waals surface area contributed by atoms with Crippen LogP contribution in [0.25, 0.3) is 0 Å². The van der Waals surface area contributed by atoms with E-state index in [9.17, 15) is 47.9 Å². The van der Waals surface area contributed by atoms with Crippen LogP contribution < -0.4 is 32.3 Å². The van der Waals surface area contributed by atoms with E-state index in [4.69, 9.17) is 29.4 Å². The van der Waals surface area contributed by atoms with Crippen molar-refractivity contribution in [3.63, 3.8) is 0 Å². The molecule has 21 nitrogen and oxygen atoms in total. The molecule has 5 amide bonds. The van der Waals surface area contributed by atoms with Crippen molar-refractivity contribution in [1.82, 2.24) is 26.6 Å². The Morgan fingerprint density at radius 3 is 1.32 bits per heavy atom. The largest absolute Gasteiger partial charge is 0.460 e. The Hall–Kier alpha value is -6.12. The van der Waals surface area contributed by atoms with E-state index in [1.165, 1.54) is 0 Å². The third-order valence-electron chi connectivity index (χ3n) is 9.29. The summed E-state index contributed by atoms with van der Waals surface area (Å²) in [6.45, 7) is 19.5. The first-order valence-corrected chi connectivity index (χ1v) is 24.0. The molecule has 71 heavy (non-hydrogen) atoms. The number of hydrogen-bond acceptors (Lipinski definition) is 16. The lowest BCUT2D eigenvalue weighted by atomic mass is 10.1. The van der Waals surface area contributed by atoms with E-state index in [1.54, 1.807) is 107 Å². The fourth-order valence-corrected chi connectivity index (χ4v) is 6.23. The molecule has 1 aromatic carbocycles. The van der Waals surface area contributed by atoms with E-state index in [0.717, 1.165) is 5.56 Å². The molecule has 400 valence electrons. The fourth-order valence-electron chi connectivity index (χ4n) is 6.23. The molecule has 0 aliphatic carbocycles. The smallest absolute Gasteiger partial charge is 0.329 e. The number of ether oxygens (including phenoxy) is 5. The van der Waals surface area contributed by atoms with Crippen LogP contribution >= 0.6 is 0 Å². The number of unbranched alkanes of at least 4 members (excludes halogenated alkanes) is 1. The van der Waals surface area contributed by atoms with Gasteiger partial charge in [0.2, 0.25) is 29.5 Å². The van der Waals surface area contributed by atoms with E-state index in [-0.39, 0.29) is 38.7 Å². The van der Waals surface area contributed by atoms with Crippen LogP contribution in [0.1, 0.15) is 159 Å². The maximum absolute atomic E-state index is 14.1. The van der Waals surface area contributed by atoms with Crippen LogP contribution in [0.2, 0.25) is 0 Å². The molecule has 0 heterocycles. The summed E-state index contributed by atoms with van der Waals surface area (Å²) in [5.74, 6) is -7.66. The van der Waals surface area contributed by atoms with Crippen molar-refractivity contribution in [2.24, 2.45) is 5.73 Å². The molecule has 0 radical (unpaired) electrons. The van der Waals surface area contributed by atoms with E-state index < -0.39 is 138 Å². The third kappa shape index (κ3) is 31.0. The monoisotopic (exact) mass is 1000 g/mol. The number of nitrogens with one attached hydrogen (secondary N) is 5. The van der Waals surface area contributed by atoms with Crippen LogP contribution in [0.5, 0.6) is 0 Å². The first kappa shape index (κ1) is 62.9. The first-order chi connectivity index (χ1) is 32.8. The average Bonchev–Trinajstić information content (AvgIpc) is 3.23. The zero-order chi connectivity index (χ0) is 54.2. The number of nitrogens with two attached hydrogens (primary N) is 1. The van der Waals surface area contributed by atoms with Gasteiger partial charge in [0.1, 0.15) is 59.7 Å². The van der Waals surface area contributed by atoms with Gasteiger partial charge in [-0.2, -0.15) is 0 Å². The van der Waals surface area contributed by atoms with Crippen LogP contribution in [0.4, 0.5) is 0 Å². The minimum absolute atomic E-state index is 0.00560. The molecule has 0 fully saturated rings. The predicted molar refractivity (Wildman–Crippen MR) is 260 cm³/mol. The molecule has 0 aliphatic heterocycles. The summed E-state index contributed by atoms with van der Waals surface area (Å²) in [6.07, 6.45) is -1.75. The Morgan fingerprint density at radius 1 is 0.465 bits per heavy atom. The molecule has 0 bridgehead atoms. The molecule has 21 heteroatoms. The SMILES string of the molecule is CC(C)(C)OC(=O)CCC(NC(=O)CCC(NC(=O)CCC(=O)NC(CCCCN)C(=O)NCC(=O)OCc1ccccc1)C(=O)NC(CCC(=O)OC(C)(C)C)C(=O)OC(C)(C)C)C(=O)OC(C)(C)C. The number of carbonyl (C=O) groups excluding carboxylic acids is 10. The Kier molecular flexibility index (Phi) is 26.5. The van der Waals surface area contributed by atoms with E-state index in [1.807, 2.05) is 6.07 Å². The summed E-state index contributed by atoms with van der Waals surface area (Å²) in [5.41, 5.74) is 2.76. The summed E-state index contributed by atoms with van der Waals surface area (Å²) in [4.78, 5) is 132. The second-order valence-corrected chi connectivity index (χ2v) is 20.9. The van der Waals surface area contributed by atoms with Crippen molar-refractivity contribution in [2.75, 3.05) is 13.1 Å². The molecule has 0 aromatic heterocycles. The molecule has 1 aromatic rings. The highest BCUT2D eigenvalue weighted by atomic mass is 16.6. The average molecular weight is 1010 g/mol. The number of amides is 5. The first-order valence-electron chi connectivity index (χ1n) is 24.0. The number of hydrogen-bond donors (Lipinski definition) is 6. The van der Waals surface area contributed by atoms with Crippen molar-refractivity contribution < 1.29 is 71.6 Å². The highest BCUT2D eigenvalue weighted by Gasteiger charge is 2.33. The Labute approximate surface area is 418 Å². The molecule has 1 rings (SSSR count). The van der Waals surface area contributed by atoms with Gasteiger partial charge in [0, 0.05) is 32.1 Å². The van der Waals surface area contributed by atoms with Gasteiger partial charge < -0.3 is 56.0 Å². The van der Waals surface area contributed by atoms with E-state index >= 15 is 0 Å². The third-order valence-corrected chi connectivity index (χ3v) is 9.29. The minimum atomic E-state index is -1.54. The van der Waals surface area contributed by atoms with Gasteiger partial charge >= 0.3 is 29.8 Å². The lowest BCUT2D eigenvalue weighted by Crippen LogP contribution is -2.53. The summed E-state index contributed by atoms with van der Waals surface area (Å²) in [5, 5.41) is 12.6. The predicted octanol–water partition coefficient (Wildman–Crippen LogP) is 3.40. The van der Waals surface area contributed by atoms with Crippen LogP contribution in [0, 0.1) is 0 Å². The number of benzene rings is 1. The maximum atomic E-state index is 14.1. The van der Waals surface area contributed by atoms with Gasteiger partial charge in [-0.1, -0.05) is 30.3 Å².